The van der Waals surface area contributed by atoms with Gasteiger partial charge in [-0.2, -0.15) is 0 Å². The van der Waals surface area contributed by atoms with Crippen LogP contribution in [0.4, 0.5) is 0 Å². The van der Waals surface area contributed by atoms with Crippen molar-refractivity contribution in [3.05, 3.63) is 23.4 Å². The summed E-state index contributed by atoms with van der Waals surface area (Å²) in [6.45, 7) is 3.06. The highest BCUT2D eigenvalue weighted by Crippen LogP contribution is 2.35. The van der Waals surface area contributed by atoms with Gasteiger partial charge in [0.1, 0.15) is 12.1 Å². The van der Waals surface area contributed by atoms with E-state index in [-0.39, 0.29) is 24.8 Å². The van der Waals surface area contributed by atoms with Gasteiger partial charge in [-0.15, -0.1) is 0 Å². The standard InChI is InChI=1S/C16H21N3O5/c1-9(15(22)18-10(2)16(23)24)17-13(20)7-8-19-12(11-3-4-11)5-6-14(19)21/h5-6,9-10H,3-4,7-8H2,1-2H3,(H,17,20)(H,18,22)(H,23,24). The smallest absolute Gasteiger partial charge is 0.325 e. The van der Waals surface area contributed by atoms with Gasteiger partial charge in [-0.25, -0.2) is 0 Å². The first-order valence-electron chi connectivity index (χ1n) is 7.83. The monoisotopic (exact) mass is 335 g/mol. The van der Waals surface area contributed by atoms with Crippen LogP contribution in [0.1, 0.15) is 33.1 Å². The molecule has 1 aliphatic heterocycles. The summed E-state index contributed by atoms with van der Waals surface area (Å²) in [4.78, 5) is 47.8. The van der Waals surface area contributed by atoms with Gasteiger partial charge in [-0.3, -0.25) is 19.2 Å². The molecule has 1 aliphatic carbocycles. The Morgan fingerprint density at radius 3 is 2.42 bits per heavy atom. The normalized spacial score (nSPS) is 18.4. The van der Waals surface area contributed by atoms with E-state index in [1.54, 1.807) is 11.0 Å². The number of carboxylic acids is 1. The van der Waals surface area contributed by atoms with E-state index in [1.807, 2.05) is 0 Å². The van der Waals surface area contributed by atoms with E-state index in [9.17, 15) is 19.2 Å². The number of hydrogen-bond acceptors (Lipinski definition) is 4. The van der Waals surface area contributed by atoms with Crippen molar-refractivity contribution in [3.8, 4) is 0 Å². The minimum absolute atomic E-state index is 0.0658. The van der Waals surface area contributed by atoms with E-state index < -0.39 is 24.0 Å². The van der Waals surface area contributed by atoms with Crippen molar-refractivity contribution in [2.24, 2.45) is 0 Å². The maximum absolute atomic E-state index is 12.0. The Morgan fingerprint density at radius 1 is 1.17 bits per heavy atom. The molecule has 1 saturated carbocycles. The van der Waals surface area contributed by atoms with Crippen molar-refractivity contribution in [3.63, 3.8) is 0 Å². The number of rotatable bonds is 7. The Balaban J connectivity index is 1.79. The molecule has 3 amide bonds. The second-order valence-electron chi connectivity index (χ2n) is 5.92. The molecule has 0 saturated heterocycles. The average molecular weight is 335 g/mol. The van der Waals surface area contributed by atoms with Gasteiger partial charge < -0.3 is 20.6 Å². The van der Waals surface area contributed by atoms with E-state index in [0.717, 1.165) is 18.5 Å². The van der Waals surface area contributed by atoms with E-state index in [1.165, 1.54) is 25.5 Å². The fourth-order valence-corrected chi connectivity index (χ4v) is 2.30. The van der Waals surface area contributed by atoms with Crippen LogP contribution >= 0.6 is 0 Å². The topological polar surface area (TPSA) is 116 Å². The van der Waals surface area contributed by atoms with E-state index in [4.69, 9.17) is 5.11 Å². The lowest BCUT2D eigenvalue weighted by atomic mass is 10.2. The molecule has 2 unspecified atom stereocenters. The quantitative estimate of drug-likeness (QED) is 0.602. The number of nitrogens with one attached hydrogen (secondary N) is 2. The number of hydrogen-bond donors (Lipinski definition) is 3. The largest absolute Gasteiger partial charge is 0.480 e. The molecule has 2 atom stereocenters. The molecule has 0 aromatic heterocycles. The third-order valence-corrected chi connectivity index (χ3v) is 3.87. The molecule has 130 valence electrons. The van der Waals surface area contributed by atoms with Crippen LogP contribution in [0.25, 0.3) is 0 Å². The maximum atomic E-state index is 12.0. The first-order chi connectivity index (χ1) is 11.3. The number of nitrogens with zero attached hydrogens (tertiary/aromatic N) is 1. The second kappa shape index (κ2) is 7.29. The van der Waals surface area contributed by atoms with E-state index in [0.29, 0.717) is 0 Å². The highest BCUT2D eigenvalue weighted by Gasteiger charge is 2.28. The van der Waals surface area contributed by atoms with Crippen LogP contribution in [0, 0.1) is 0 Å². The average Bonchev–Trinajstić information content (AvgIpc) is 3.28. The van der Waals surface area contributed by atoms with Crippen LogP contribution in [-0.4, -0.2) is 52.3 Å². The molecule has 0 bridgehead atoms. The minimum atomic E-state index is -1.15. The van der Waals surface area contributed by atoms with Crippen molar-refractivity contribution in [1.29, 1.82) is 0 Å². The number of amides is 3. The number of carboxylic acid groups (broad SMARTS) is 1. The first-order valence-corrected chi connectivity index (χ1v) is 7.83. The van der Waals surface area contributed by atoms with Crippen LogP contribution < -0.4 is 10.6 Å². The van der Waals surface area contributed by atoms with Crippen molar-refractivity contribution >= 4 is 23.7 Å². The fraction of sp³-hybridized carbons (Fsp3) is 0.500. The number of allylic oxidation sites excluding steroid dienone is 2. The molecule has 8 nitrogen and oxygen atoms in total. The number of aliphatic carboxylic acids is 1. The predicted octanol–water partition coefficient (Wildman–Crippen LogP) is -0.0832. The Morgan fingerprint density at radius 2 is 1.83 bits per heavy atom. The molecular weight excluding hydrogens is 314 g/mol. The minimum Gasteiger partial charge on any atom is -0.480 e. The molecule has 0 aromatic carbocycles. The zero-order valence-corrected chi connectivity index (χ0v) is 13.7. The predicted molar refractivity (Wildman–Crippen MR) is 84.6 cm³/mol. The van der Waals surface area contributed by atoms with E-state index >= 15 is 0 Å². The molecule has 8 heteroatoms. The van der Waals surface area contributed by atoms with Crippen molar-refractivity contribution in [2.45, 2.75) is 45.2 Å². The molecule has 0 radical (unpaired) electrons. The SMILES string of the molecule is CC(NC(=O)C(C)NC(=O)CCN1C(=O)C=CC1=C1CC1)C(=O)O. The van der Waals surface area contributed by atoms with Gasteiger partial charge in [0.2, 0.25) is 11.8 Å². The Labute approximate surface area is 139 Å². The molecule has 1 fully saturated rings. The van der Waals surface area contributed by atoms with Crippen LogP contribution in [0.15, 0.2) is 23.4 Å². The fourth-order valence-electron chi connectivity index (χ4n) is 2.30. The first kappa shape index (κ1) is 17.7. The lowest BCUT2D eigenvalue weighted by Crippen LogP contribution is -2.49. The molecule has 3 N–H and O–H groups in total. The lowest BCUT2D eigenvalue weighted by molar-refractivity contribution is -0.141. The molecule has 1 heterocycles. The van der Waals surface area contributed by atoms with Gasteiger partial charge in [-0.1, -0.05) is 0 Å². The molecule has 2 aliphatic rings. The lowest BCUT2D eigenvalue weighted by Gasteiger charge is -2.19. The van der Waals surface area contributed by atoms with Crippen LogP contribution in [0.2, 0.25) is 0 Å². The van der Waals surface area contributed by atoms with Crippen LogP contribution in [0.3, 0.4) is 0 Å². The van der Waals surface area contributed by atoms with Gasteiger partial charge in [0.25, 0.3) is 5.91 Å². The Bertz CT molecular complexity index is 632. The molecule has 0 aromatic rings. The third kappa shape index (κ3) is 4.43. The second-order valence-corrected chi connectivity index (χ2v) is 5.92. The number of carbonyl (C=O) groups excluding carboxylic acids is 3. The summed E-state index contributed by atoms with van der Waals surface area (Å²) in [5.41, 5.74) is 2.10. The van der Waals surface area contributed by atoms with Gasteiger partial charge in [0.15, 0.2) is 0 Å². The molecule has 0 spiro atoms. The van der Waals surface area contributed by atoms with Gasteiger partial charge in [-0.05, 0) is 38.3 Å². The van der Waals surface area contributed by atoms with Crippen LogP contribution in [0.5, 0.6) is 0 Å². The van der Waals surface area contributed by atoms with Gasteiger partial charge in [0, 0.05) is 24.7 Å². The summed E-state index contributed by atoms with van der Waals surface area (Å²) in [5.74, 6) is -2.24. The summed E-state index contributed by atoms with van der Waals surface area (Å²) in [6, 6.07) is -1.88. The summed E-state index contributed by atoms with van der Waals surface area (Å²) in [6.07, 6.45) is 5.29. The Hall–Kier alpha value is -2.64. The summed E-state index contributed by atoms with van der Waals surface area (Å²) in [7, 11) is 0. The molecular formula is C16H21N3O5. The summed E-state index contributed by atoms with van der Waals surface area (Å²) < 4.78 is 0. The highest BCUT2D eigenvalue weighted by molar-refractivity contribution is 5.94. The molecule has 24 heavy (non-hydrogen) atoms. The van der Waals surface area contributed by atoms with Crippen molar-refractivity contribution < 1.29 is 24.3 Å². The molecule has 2 rings (SSSR count). The van der Waals surface area contributed by atoms with E-state index in [2.05, 4.69) is 10.6 Å². The van der Waals surface area contributed by atoms with Crippen LogP contribution in [-0.2, 0) is 19.2 Å². The summed E-state index contributed by atoms with van der Waals surface area (Å²) in [5, 5.41) is 13.5. The van der Waals surface area contributed by atoms with Gasteiger partial charge >= 0.3 is 5.97 Å². The van der Waals surface area contributed by atoms with Crippen molar-refractivity contribution in [1.82, 2.24) is 15.5 Å². The number of carbonyl (C=O) groups is 4. The highest BCUT2D eigenvalue weighted by atomic mass is 16.4. The zero-order chi connectivity index (χ0) is 17.9. The summed E-state index contributed by atoms with van der Waals surface area (Å²) >= 11 is 0. The Kier molecular flexibility index (Phi) is 5.38. The van der Waals surface area contributed by atoms with Crippen molar-refractivity contribution in [2.75, 3.05) is 6.54 Å². The third-order valence-electron chi connectivity index (χ3n) is 3.87. The zero-order valence-electron chi connectivity index (χ0n) is 13.7. The maximum Gasteiger partial charge on any atom is 0.325 e. The van der Waals surface area contributed by atoms with Gasteiger partial charge in [0.05, 0.1) is 0 Å².